The van der Waals surface area contributed by atoms with Crippen molar-refractivity contribution in [2.75, 3.05) is 37.7 Å². The number of benzene rings is 2. The smallest absolute Gasteiger partial charge is 0.234 e. The van der Waals surface area contributed by atoms with Gasteiger partial charge in [-0.05, 0) is 35.2 Å². The van der Waals surface area contributed by atoms with Gasteiger partial charge in [-0.1, -0.05) is 36.4 Å². The van der Waals surface area contributed by atoms with Gasteiger partial charge in [-0.3, -0.25) is 9.69 Å². The third-order valence-electron chi connectivity index (χ3n) is 4.73. The van der Waals surface area contributed by atoms with Crippen LogP contribution in [-0.2, 0) is 21.1 Å². The van der Waals surface area contributed by atoms with Crippen LogP contribution in [0.5, 0.6) is 0 Å². The van der Waals surface area contributed by atoms with Gasteiger partial charge in [0.2, 0.25) is 5.91 Å². The van der Waals surface area contributed by atoms with E-state index in [2.05, 4.69) is 36.5 Å². The quantitative estimate of drug-likeness (QED) is 0.878. The molecule has 1 heterocycles. The molecule has 1 aliphatic rings. The second-order valence-electron chi connectivity index (χ2n) is 6.65. The fraction of sp³-hybridized carbons (Fsp3) is 0.421. The Kier molecular flexibility index (Phi) is 5.39. The molecule has 6 heteroatoms. The molecule has 1 N–H and O–H groups in total. The van der Waals surface area contributed by atoms with E-state index >= 15 is 0 Å². The zero-order chi connectivity index (χ0) is 17.9. The van der Waals surface area contributed by atoms with Gasteiger partial charge in [-0.2, -0.15) is 0 Å². The molecule has 0 aliphatic carbocycles. The molecule has 3 rings (SSSR count). The predicted octanol–water partition coefficient (Wildman–Crippen LogP) is 1.54. The maximum absolute atomic E-state index is 12.1. The summed E-state index contributed by atoms with van der Waals surface area (Å²) in [4.78, 5) is 14.0. The van der Waals surface area contributed by atoms with E-state index in [1.165, 1.54) is 21.9 Å². The first-order valence-electron chi connectivity index (χ1n) is 8.61. The number of hydrogen-bond acceptors (Lipinski definition) is 4. The van der Waals surface area contributed by atoms with Crippen LogP contribution < -0.4 is 5.32 Å². The average molecular weight is 360 g/mol. The Morgan fingerprint density at radius 2 is 1.76 bits per heavy atom. The number of rotatable bonds is 5. The largest absolute Gasteiger partial charge is 0.355 e. The van der Waals surface area contributed by atoms with Gasteiger partial charge >= 0.3 is 0 Å². The number of hydrogen-bond donors (Lipinski definition) is 1. The van der Waals surface area contributed by atoms with Crippen LogP contribution in [-0.4, -0.2) is 56.9 Å². The Balaban J connectivity index is 1.49. The highest BCUT2D eigenvalue weighted by atomic mass is 32.2. The molecule has 1 aliphatic heterocycles. The van der Waals surface area contributed by atoms with Crippen LogP contribution in [0.3, 0.4) is 0 Å². The first-order chi connectivity index (χ1) is 11.9. The molecule has 2 aromatic carbocycles. The number of carbonyl (C=O) groups is 1. The number of carbonyl (C=O) groups excluding carboxylic acids is 1. The fourth-order valence-electron chi connectivity index (χ4n) is 3.17. The first kappa shape index (κ1) is 17.9. The third-order valence-corrected chi connectivity index (χ3v) is 6.33. The summed E-state index contributed by atoms with van der Waals surface area (Å²) in [6.45, 7) is 3.84. The van der Waals surface area contributed by atoms with Crippen molar-refractivity contribution in [3.05, 3.63) is 47.5 Å². The van der Waals surface area contributed by atoms with Crippen LogP contribution >= 0.6 is 0 Å². The molecule has 0 spiro atoms. The molecule has 0 radical (unpaired) electrons. The lowest BCUT2D eigenvalue weighted by molar-refractivity contribution is -0.122. The molecule has 5 nitrogen and oxygen atoms in total. The standard InChI is InChI=1S/C19H24N2O3S/c1-15-12-17-4-2-3-5-18(17)13-16(15)6-7-20-19(22)14-21-8-10-25(23,24)11-9-21/h2-5,12-13H,6-11,14H2,1H3,(H,20,22). The highest BCUT2D eigenvalue weighted by molar-refractivity contribution is 7.91. The summed E-state index contributed by atoms with van der Waals surface area (Å²) < 4.78 is 22.8. The highest BCUT2D eigenvalue weighted by Gasteiger charge is 2.22. The Labute approximate surface area is 148 Å². The number of sulfone groups is 1. The lowest BCUT2D eigenvalue weighted by Crippen LogP contribution is -2.45. The van der Waals surface area contributed by atoms with Gasteiger partial charge in [0.05, 0.1) is 18.1 Å². The second-order valence-corrected chi connectivity index (χ2v) is 8.96. The van der Waals surface area contributed by atoms with Gasteiger partial charge < -0.3 is 5.32 Å². The average Bonchev–Trinajstić information content (AvgIpc) is 2.57. The number of aryl methyl sites for hydroxylation is 1. The van der Waals surface area contributed by atoms with Crippen molar-refractivity contribution in [2.24, 2.45) is 0 Å². The van der Waals surface area contributed by atoms with Crippen LogP contribution in [0.25, 0.3) is 10.8 Å². The summed E-state index contributed by atoms with van der Waals surface area (Å²) >= 11 is 0. The minimum absolute atomic E-state index is 0.0438. The molecule has 1 fully saturated rings. The SMILES string of the molecule is Cc1cc2ccccc2cc1CCNC(=O)CN1CCS(=O)(=O)CC1. The molecule has 0 unspecified atom stereocenters. The molecule has 0 bridgehead atoms. The lowest BCUT2D eigenvalue weighted by Gasteiger charge is -2.25. The molecule has 134 valence electrons. The zero-order valence-corrected chi connectivity index (χ0v) is 15.3. The number of fused-ring (bicyclic) bond motifs is 1. The maximum atomic E-state index is 12.1. The minimum atomic E-state index is -2.90. The number of nitrogens with zero attached hydrogens (tertiary/aromatic N) is 1. The summed E-state index contributed by atoms with van der Waals surface area (Å²) in [5.74, 6) is 0.255. The van der Waals surface area contributed by atoms with Crippen LogP contribution in [0.2, 0.25) is 0 Å². The Morgan fingerprint density at radius 1 is 1.12 bits per heavy atom. The van der Waals surface area contributed by atoms with E-state index in [1.54, 1.807) is 0 Å². The molecule has 0 saturated carbocycles. The van der Waals surface area contributed by atoms with Gasteiger partial charge in [0.1, 0.15) is 0 Å². The van der Waals surface area contributed by atoms with Crippen molar-refractivity contribution in [2.45, 2.75) is 13.3 Å². The Morgan fingerprint density at radius 3 is 2.44 bits per heavy atom. The third kappa shape index (κ3) is 4.80. The Hall–Kier alpha value is -1.92. The van der Waals surface area contributed by atoms with Crippen LogP contribution in [0.4, 0.5) is 0 Å². The van der Waals surface area contributed by atoms with E-state index in [-0.39, 0.29) is 24.0 Å². The van der Waals surface area contributed by atoms with Crippen LogP contribution in [0.15, 0.2) is 36.4 Å². The van der Waals surface area contributed by atoms with E-state index in [4.69, 9.17) is 0 Å². The molecular weight excluding hydrogens is 336 g/mol. The predicted molar refractivity (Wildman–Crippen MR) is 100 cm³/mol. The van der Waals surface area contributed by atoms with E-state index in [0.717, 1.165) is 6.42 Å². The van der Waals surface area contributed by atoms with Crippen molar-refractivity contribution in [3.63, 3.8) is 0 Å². The summed E-state index contributed by atoms with van der Waals surface area (Å²) in [5, 5.41) is 5.39. The summed E-state index contributed by atoms with van der Waals surface area (Å²) in [7, 11) is -2.90. The van der Waals surface area contributed by atoms with Gasteiger partial charge in [-0.15, -0.1) is 0 Å². The monoisotopic (exact) mass is 360 g/mol. The summed E-state index contributed by atoms with van der Waals surface area (Å²) in [6.07, 6.45) is 0.788. The van der Waals surface area contributed by atoms with E-state index in [9.17, 15) is 13.2 Å². The van der Waals surface area contributed by atoms with Crippen molar-refractivity contribution >= 4 is 26.5 Å². The summed E-state index contributed by atoms with van der Waals surface area (Å²) in [5.41, 5.74) is 2.47. The van der Waals surface area contributed by atoms with Crippen LogP contribution in [0.1, 0.15) is 11.1 Å². The van der Waals surface area contributed by atoms with Crippen molar-refractivity contribution < 1.29 is 13.2 Å². The van der Waals surface area contributed by atoms with Crippen molar-refractivity contribution in [3.8, 4) is 0 Å². The Bertz CT molecular complexity index is 863. The molecule has 25 heavy (non-hydrogen) atoms. The zero-order valence-electron chi connectivity index (χ0n) is 14.5. The summed E-state index contributed by atoms with van der Waals surface area (Å²) in [6, 6.07) is 12.6. The molecule has 2 aromatic rings. The molecule has 0 aromatic heterocycles. The molecular formula is C19H24N2O3S. The van der Waals surface area contributed by atoms with Crippen LogP contribution in [0, 0.1) is 6.92 Å². The second kappa shape index (κ2) is 7.54. The minimum Gasteiger partial charge on any atom is -0.355 e. The van der Waals surface area contributed by atoms with Gasteiger partial charge in [0.15, 0.2) is 9.84 Å². The first-order valence-corrected chi connectivity index (χ1v) is 10.4. The van der Waals surface area contributed by atoms with E-state index in [1.807, 2.05) is 17.0 Å². The fourth-order valence-corrected chi connectivity index (χ4v) is 4.45. The highest BCUT2D eigenvalue weighted by Crippen LogP contribution is 2.19. The lowest BCUT2D eigenvalue weighted by atomic mass is 10.00. The topological polar surface area (TPSA) is 66.5 Å². The molecule has 1 saturated heterocycles. The number of nitrogens with one attached hydrogen (secondary N) is 1. The van der Waals surface area contributed by atoms with Crippen molar-refractivity contribution in [1.82, 2.24) is 10.2 Å². The van der Waals surface area contributed by atoms with Gasteiger partial charge in [0.25, 0.3) is 0 Å². The van der Waals surface area contributed by atoms with E-state index < -0.39 is 9.84 Å². The maximum Gasteiger partial charge on any atom is 0.234 e. The molecule has 0 atom stereocenters. The van der Waals surface area contributed by atoms with E-state index in [0.29, 0.717) is 19.6 Å². The van der Waals surface area contributed by atoms with Gasteiger partial charge in [0, 0.05) is 19.6 Å². The molecule has 1 amide bonds. The normalized spacial score (nSPS) is 17.5. The number of amides is 1. The van der Waals surface area contributed by atoms with Crippen molar-refractivity contribution in [1.29, 1.82) is 0 Å². The van der Waals surface area contributed by atoms with Gasteiger partial charge in [-0.25, -0.2) is 8.42 Å².